The topological polar surface area (TPSA) is 27.1 Å². The van der Waals surface area contributed by atoms with Crippen molar-refractivity contribution in [1.82, 2.24) is 9.78 Å². The lowest BCUT2D eigenvalue weighted by Gasteiger charge is -2.01. The van der Waals surface area contributed by atoms with Crippen LogP contribution in [0.25, 0.3) is 0 Å². The molecule has 55 valence electrons. The van der Waals surface area contributed by atoms with E-state index < -0.39 is 0 Å². The van der Waals surface area contributed by atoms with Crippen LogP contribution in [0, 0.1) is 6.20 Å². The number of halogens is 1. The molecule has 0 N–H and O–H groups in total. The molecule has 0 spiro atoms. The van der Waals surface area contributed by atoms with Crippen molar-refractivity contribution in [1.29, 1.82) is 0 Å². The van der Waals surface area contributed by atoms with Gasteiger partial charge >= 0.3 is 0 Å². The summed E-state index contributed by atoms with van der Waals surface area (Å²) in [5, 5.41) is 3.92. The van der Waals surface area contributed by atoms with Gasteiger partial charge in [-0.2, -0.15) is 5.10 Å². The fourth-order valence-electron chi connectivity index (χ4n) is 0.720. The van der Waals surface area contributed by atoms with E-state index in [0.717, 1.165) is 16.9 Å². The Kier molecular flexibility index (Phi) is 2.32. The minimum atomic E-state index is 0.725. The summed E-state index contributed by atoms with van der Waals surface area (Å²) in [6.07, 6.45) is 2.74. The maximum atomic E-state index is 5.03. The first-order valence-corrected chi connectivity index (χ1v) is 3.76. The van der Waals surface area contributed by atoms with Crippen molar-refractivity contribution in [3.63, 3.8) is 0 Å². The zero-order chi connectivity index (χ0) is 7.56. The number of aromatic nitrogens is 2. The van der Waals surface area contributed by atoms with Crippen LogP contribution in [0.3, 0.4) is 0 Å². The first kappa shape index (κ1) is 7.60. The summed E-state index contributed by atoms with van der Waals surface area (Å²) >= 11 is 3.25. The highest BCUT2D eigenvalue weighted by Gasteiger charge is 2.06. The van der Waals surface area contributed by atoms with Crippen LogP contribution in [-0.2, 0) is 6.54 Å². The van der Waals surface area contributed by atoms with Crippen molar-refractivity contribution in [2.45, 2.75) is 13.5 Å². The summed E-state index contributed by atoms with van der Waals surface area (Å²) in [5.74, 6) is 0.725. The second-order valence-electron chi connectivity index (χ2n) is 1.75. The van der Waals surface area contributed by atoms with E-state index in [1.165, 1.54) is 0 Å². The molecule has 0 aliphatic rings. The smallest absolute Gasteiger partial charge is 0.226 e. The fraction of sp³-hybridized carbons (Fsp3) is 0.500. The van der Waals surface area contributed by atoms with Gasteiger partial charge in [0.05, 0.1) is 7.11 Å². The molecule has 0 saturated heterocycles. The van der Waals surface area contributed by atoms with Crippen molar-refractivity contribution in [3.8, 4) is 5.88 Å². The summed E-state index contributed by atoms with van der Waals surface area (Å²) < 4.78 is 7.53. The standard InChI is InChI=1S/C6H8BrN2O/c1-3-9-6(10-2)5(7)4-8-9/h3H2,1-2H3. The summed E-state index contributed by atoms with van der Waals surface area (Å²) in [6, 6.07) is 0. The predicted octanol–water partition coefficient (Wildman–Crippen LogP) is 1.47. The highest BCUT2D eigenvalue weighted by molar-refractivity contribution is 9.10. The highest BCUT2D eigenvalue weighted by Crippen LogP contribution is 2.22. The van der Waals surface area contributed by atoms with Crippen molar-refractivity contribution in [2.24, 2.45) is 0 Å². The third kappa shape index (κ3) is 1.16. The van der Waals surface area contributed by atoms with Gasteiger partial charge in [0.25, 0.3) is 0 Å². The minimum absolute atomic E-state index is 0.725. The maximum absolute atomic E-state index is 5.03. The van der Waals surface area contributed by atoms with E-state index in [0.29, 0.717) is 0 Å². The van der Waals surface area contributed by atoms with Crippen LogP contribution >= 0.6 is 15.9 Å². The number of ether oxygens (including phenoxy) is 1. The van der Waals surface area contributed by atoms with Gasteiger partial charge in [-0.25, -0.2) is 4.68 Å². The van der Waals surface area contributed by atoms with Gasteiger partial charge in [0.2, 0.25) is 5.88 Å². The molecule has 0 bridgehead atoms. The molecule has 1 heterocycles. The monoisotopic (exact) mass is 203 g/mol. The zero-order valence-corrected chi connectivity index (χ0v) is 7.47. The molecule has 1 rings (SSSR count). The maximum Gasteiger partial charge on any atom is 0.226 e. The van der Waals surface area contributed by atoms with Crippen LogP contribution in [0.2, 0.25) is 0 Å². The number of hydrogen-bond acceptors (Lipinski definition) is 2. The predicted molar refractivity (Wildman–Crippen MR) is 41.0 cm³/mol. The van der Waals surface area contributed by atoms with Crippen LogP contribution in [-0.4, -0.2) is 16.9 Å². The average Bonchev–Trinajstić information content (AvgIpc) is 2.30. The van der Waals surface area contributed by atoms with Gasteiger partial charge in [-0.3, -0.25) is 0 Å². The summed E-state index contributed by atoms with van der Waals surface area (Å²) in [4.78, 5) is 0. The van der Waals surface area contributed by atoms with Crippen LogP contribution in [0.1, 0.15) is 6.92 Å². The molecule has 0 aliphatic heterocycles. The van der Waals surface area contributed by atoms with Gasteiger partial charge in [0.1, 0.15) is 10.7 Å². The van der Waals surface area contributed by atoms with E-state index in [1.807, 2.05) is 6.92 Å². The van der Waals surface area contributed by atoms with Crippen LogP contribution in [0.4, 0.5) is 0 Å². The number of methoxy groups -OCH3 is 1. The van der Waals surface area contributed by atoms with Crippen molar-refractivity contribution in [2.75, 3.05) is 7.11 Å². The fourth-order valence-corrected chi connectivity index (χ4v) is 1.17. The molecular weight excluding hydrogens is 196 g/mol. The normalized spacial score (nSPS) is 9.90. The van der Waals surface area contributed by atoms with Gasteiger partial charge in [0.15, 0.2) is 0 Å². The minimum Gasteiger partial charge on any atom is -0.480 e. The molecular formula is C6H8BrN2O. The summed E-state index contributed by atoms with van der Waals surface area (Å²) in [5.41, 5.74) is 0. The summed E-state index contributed by atoms with van der Waals surface area (Å²) in [7, 11) is 1.61. The second-order valence-corrected chi connectivity index (χ2v) is 2.54. The number of nitrogens with zero attached hydrogens (tertiary/aromatic N) is 2. The molecule has 1 aromatic heterocycles. The molecule has 0 amide bonds. The quantitative estimate of drug-likeness (QED) is 0.729. The molecule has 0 aromatic carbocycles. The molecule has 0 atom stereocenters. The van der Waals surface area contributed by atoms with Crippen molar-refractivity contribution >= 4 is 15.9 Å². The Bertz CT molecular complexity index is 222. The Labute approximate surface area is 68.1 Å². The average molecular weight is 204 g/mol. The van der Waals surface area contributed by atoms with Crippen molar-refractivity contribution in [3.05, 3.63) is 10.7 Å². The lowest BCUT2D eigenvalue weighted by molar-refractivity contribution is 0.362. The van der Waals surface area contributed by atoms with Gasteiger partial charge in [-0.1, -0.05) is 0 Å². The zero-order valence-electron chi connectivity index (χ0n) is 5.89. The highest BCUT2D eigenvalue weighted by atomic mass is 79.9. The lowest BCUT2D eigenvalue weighted by atomic mass is 10.6. The van der Waals surface area contributed by atoms with E-state index in [2.05, 4.69) is 27.2 Å². The molecule has 4 heteroatoms. The van der Waals surface area contributed by atoms with E-state index in [4.69, 9.17) is 4.74 Å². The molecule has 10 heavy (non-hydrogen) atoms. The third-order valence-electron chi connectivity index (χ3n) is 1.18. The molecule has 1 radical (unpaired) electrons. The third-order valence-corrected chi connectivity index (χ3v) is 1.70. The van der Waals surface area contributed by atoms with E-state index in [-0.39, 0.29) is 0 Å². The number of rotatable bonds is 2. The Morgan fingerprint density at radius 3 is 2.90 bits per heavy atom. The van der Waals surface area contributed by atoms with E-state index in [9.17, 15) is 0 Å². The van der Waals surface area contributed by atoms with Gasteiger partial charge in [-0.15, -0.1) is 0 Å². The van der Waals surface area contributed by atoms with Gasteiger partial charge in [0, 0.05) is 6.54 Å². The molecule has 0 aliphatic carbocycles. The van der Waals surface area contributed by atoms with Crippen molar-refractivity contribution < 1.29 is 4.74 Å². The Morgan fingerprint density at radius 1 is 1.80 bits per heavy atom. The second kappa shape index (κ2) is 3.05. The van der Waals surface area contributed by atoms with Gasteiger partial charge < -0.3 is 4.74 Å². The van der Waals surface area contributed by atoms with Crippen LogP contribution in [0.15, 0.2) is 4.47 Å². The first-order chi connectivity index (χ1) is 4.79. The Morgan fingerprint density at radius 2 is 2.50 bits per heavy atom. The van der Waals surface area contributed by atoms with Crippen LogP contribution < -0.4 is 4.74 Å². The molecule has 0 saturated carbocycles. The van der Waals surface area contributed by atoms with Gasteiger partial charge in [-0.05, 0) is 22.9 Å². The van der Waals surface area contributed by atoms with E-state index in [1.54, 1.807) is 11.8 Å². The molecule has 1 aromatic rings. The van der Waals surface area contributed by atoms with Crippen LogP contribution in [0.5, 0.6) is 5.88 Å². The summed E-state index contributed by atoms with van der Waals surface area (Å²) in [6.45, 7) is 2.79. The SMILES string of the molecule is CCn1n[c]c(Br)c1OC. The largest absolute Gasteiger partial charge is 0.480 e. The Hall–Kier alpha value is -0.510. The number of hydrogen-bond donors (Lipinski definition) is 0. The molecule has 0 fully saturated rings. The number of aryl methyl sites for hydroxylation is 1. The molecule has 3 nitrogen and oxygen atoms in total. The lowest BCUT2D eigenvalue weighted by Crippen LogP contribution is -1.99. The van der Waals surface area contributed by atoms with E-state index >= 15 is 0 Å². The first-order valence-electron chi connectivity index (χ1n) is 2.97. The Balaban J connectivity index is 3.01. The molecule has 0 unspecified atom stereocenters.